The van der Waals surface area contributed by atoms with Gasteiger partial charge in [0.05, 0.1) is 0 Å². The van der Waals surface area contributed by atoms with Crippen LogP contribution >= 0.6 is 0 Å². The molecular weight excluding hydrogens is 465 g/mol. The van der Waals surface area contributed by atoms with Gasteiger partial charge < -0.3 is 0 Å². The molecule has 1 atom stereocenters. The fourth-order valence-corrected chi connectivity index (χ4v) is 7.00. The maximum absolute atomic E-state index is 13.4. The number of carbonyl (C=O) groups excluding carboxylic acids is 1. The molecule has 0 bridgehead atoms. The van der Waals surface area contributed by atoms with E-state index in [1.54, 1.807) is 17.6 Å². The summed E-state index contributed by atoms with van der Waals surface area (Å²) in [6, 6.07) is 9.94. The van der Waals surface area contributed by atoms with Gasteiger partial charge in [0.25, 0.3) is 0 Å². The minimum atomic E-state index is -1.80. The fourth-order valence-electron chi connectivity index (χ4n) is 4.90. The van der Waals surface area contributed by atoms with Crippen molar-refractivity contribution in [2.75, 3.05) is 0 Å². The molecule has 0 saturated carbocycles. The number of esters is 1. The van der Waals surface area contributed by atoms with Crippen LogP contribution < -0.4 is 5.56 Å². The normalized spacial score (nSPS) is 19.5. The summed E-state index contributed by atoms with van der Waals surface area (Å²) in [6.07, 6.45) is 1.11. The van der Waals surface area contributed by atoms with Gasteiger partial charge in [0, 0.05) is 0 Å². The first-order valence-corrected chi connectivity index (χ1v) is 19.0. The summed E-state index contributed by atoms with van der Waals surface area (Å²) < 4.78 is 6.91. The van der Waals surface area contributed by atoms with Crippen LogP contribution in [0.5, 0.6) is 0 Å². The van der Waals surface area contributed by atoms with Gasteiger partial charge in [-0.25, -0.2) is 0 Å². The first-order chi connectivity index (χ1) is 15.1. The molecule has 0 radical (unpaired) electrons. The summed E-state index contributed by atoms with van der Waals surface area (Å²) >= 11 is -1.79. The third-order valence-electron chi connectivity index (χ3n) is 6.84. The zero-order chi connectivity index (χ0) is 22.8. The topological polar surface area (TPSA) is 81.4 Å². The van der Waals surface area contributed by atoms with Crippen LogP contribution in [0.1, 0.15) is 35.6 Å². The number of benzene rings is 1. The first kappa shape index (κ1) is 21.4. The Morgan fingerprint density at radius 1 is 1.19 bits per heavy atom. The van der Waals surface area contributed by atoms with E-state index in [1.165, 1.54) is 10.8 Å². The van der Waals surface area contributed by atoms with Crippen molar-refractivity contribution >= 4 is 30.1 Å². The van der Waals surface area contributed by atoms with Crippen molar-refractivity contribution < 1.29 is 14.6 Å². The Kier molecular flexibility index (Phi) is 4.87. The van der Waals surface area contributed by atoms with Crippen LogP contribution in [0.2, 0.25) is 22.5 Å². The molecule has 7 heteroatoms. The third kappa shape index (κ3) is 3.15. The zero-order valence-electron chi connectivity index (χ0n) is 19.0. The molecule has 3 aromatic rings. The van der Waals surface area contributed by atoms with Crippen molar-refractivity contribution in [3.05, 3.63) is 62.9 Å². The van der Waals surface area contributed by atoms with E-state index in [0.29, 0.717) is 23.4 Å². The molecule has 1 N–H and O–H groups in total. The third-order valence-corrected chi connectivity index (χ3v) is 10.5. The Morgan fingerprint density at radius 3 is 2.66 bits per heavy atom. The Labute approximate surface area is 189 Å². The number of ether oxygens (including phenoxy) is 1. The molecular formula is C25H28GeN2O4. The summed E-state index contributed by atoms with van der Waals surface area (Å²) in [4.78, 5) is 30.8. The number of nitrogens with zero attached hydrogens (tertiary/aromatic N) is 2. The van der Waals surface area contributed by atoms with Gasteiger partial charge in [-0.3, -0.25) is 0 Å². The summed E-state index contributed by atoms with van der Waals surface area (Å²) in [7, 11) is 0. The van der Waals surface area contributed by atoms with Crippen LogP contribution in [-0.4, -0.2) is 33.9 Å². The van der Waals surface area contributed by atoms with Gasteiger partial charge in [0.2, 0.25) is 0 Å². The molecule has 6 nitrogen and oxygen atoms in total. The van der Waals surface area contributed by atoms with Gasteiger partial charge >= 0.3 is 190 Å². The fraction of sp³-hybridized carbons (Fsp3) is 0.400. The number of aliphatic hydroxyl groups is 1. The van der Waals surface area contributed by atoms with Gasteiger partial charge in [-0.1, -0.05) is 0 Å². The maximum atomic E-state index is 13.4. The van der Waals surface area contributed by atoms with Crippen LogP contribution in [-0.2, 0) is 34.7 Å². The molecule has 0 saturated heterocycles. The van der Waals surface area contributed by atoms with E-state index in [2.05, 4.69) is 23.3 Å². The molecule has 2 aromatic heterocycles. The summed E-state index contributed by atoms with van der Waals surface area (Å²) in [5, 5.41) is 13.4. The van der Waals surface area contributed by atoms with Gasteiger partial charge in [0.15, 0.2) is 0 Å². The molecule has 1 aromatic carbocycles. The monoisotopic (exact) mass is 494 g/mol. The molecule has 32 heavy (non-hydrogen) atoms. The Balaban J connectivity index is 1.76. The number of hydrogen-bond acceptors (Lipinski definition) is 5. The molecule has 5 rings (SSSR count). The summed E-state index contributed by atoms with van der Waals surface area (Å²) in [5.41, 5.74) is 3.44. The number of cyclic esters (lactones) is 1. The Hall–Kier alpha value is -2.45. The second-order valence-electron chi connectivity index (χ2n) is 10.1. The van der Waals surface area contributed by atoms with Crippen molar-refractivity contribution in [1.82, 2.24) is 9.55 Å². The second-order valence-corrected chi connectivity index (χ2v) is 21.9. The summed E-state index contributed by atoms with van der Waals surface area (Å²) in [6.45, 7) is 2.07. The number of pyridine rings is 2. The molecule has 0 spiro atoms. The van der Waals surface area contributed by atoms with Gasteiger partial charge in [0.1, 0.15) is 0 Å². The first-order valence-electron chi connectivity index (χ1n) is 11.2. The SMILES string of the molecule is CC[C@@]1(O)C(=O)OCc2c1cc1n(c2=O)Cc2c-1nc1ccccc1c2C[CH2][Ge]([CH3])([CH3])[CH3]. The molecule has 166 valence electrons. The van der Waals surface area contributed by atoms with E-state index in [1.807, 2.05) is 18.2 Å². The Bertz CT molecular complexity index is 1340. The number of rotatable bonds is 4. The van der Waals surface area contributed by atoms with Gasteiger partial charge in [-0.2, -0.15) is 0 Å². The van der Waals surface area contributed by atoms with E-state index in [9.17, 15) is 14.7 Å². The standard InChI is InChI=1S/C25H28GeN2O4/c1-5-25(31)19-12-21-22-17(13-28(21)23(29)18(19)14-32-24(25)30)15(10-11-26(2,3)4)16-8-6-7-9-20(16)27-22/h6-9,12,31H,5,10-11,13-14H2,1-4H3/t25-/m0/s1. The van der Waals surface area contributed by atoms with E-state index >= 15 is 0 Å². The van der Waals surface area contributed by atoms with E-state index in [0.717, 1.165) is 28.6 Å². The van der Waals surface area contributed by atoms with E-state index in [-0.39, 0.29) is 18.6 Å². The molecule has 2 aliphatic rings. The number of carbonyl (C=O) groups is 1. The molecule has 0 fully saturated rings. The average Bonchev–Trinajstić information content (AvgIpc) is 3.12. The van der Waals surface area contributed by atoms with Gasteiger partial charge in [-0.05, 0) is 0 Å². The number of aromatic nitrogens is 2. The number of hydrogen-bond donors (Lipinski definition) is 1. The molecule has 0 aliphatic carbocycles. The summed E-state index contributed by atoms with van der Waals surface area (Å²) in [5.74, 6) is 6.55. The van der Waals surface area contributed by atoms with Crippen LogP contribution in [0, 0.1) is 0 Å². The van der Waals surface area contributed by atoms with Crippen molar-refractivity contribution in [3.8, 4) is 11.4 Å². The second kappa shape index (κ2) is 7.28. The number of fused-ring (bicyclic) bond motifs is 5. The number of para-hydroxylation sites is 1. The quantitative estimate of drug-likeness (QED) is 0.344. The predicted octanol–water partition coefficient (Wildman–Crippen LogP) is 3.96. The van der Waals surface area contributed by atoms with Crippen molar-refractivity contribution in [1.29, 1.82) is 0 Å². The predicted molar refractivity (Wildman–Crippen MR) is 126 cm³/mol. The van der Waals surface area contributed by atoms with E-state index < -0.39 is 24.8 Å². The van der Waals surface area contributed by atoms with Crippen LogP contribution in [0.3, 0.4) is 0 Å². The Morgan fingerprint density at radius 2 is 1.94 bits per heavy atom. The van der Waals surface area contributed by atoms with E-state index in [4.69, 9.17) is 9.72 Å². The molecule has 0 amide bonds. The molecule has 2 aliphatic heterocycles. The van der Waals surface area contributed by atoms with Gasteiger partial charge in [-0.15, -0.1) is 0 Å². The van der Waals surface area contributed by atoms with Crippen molar-refractivity contribution in [2.24, 2.45) is 0 Å². The van der Waals surface area contributed by atoms with Crippen LogP contribution in [0.25, 0.3) is 22.3 Å². The molecule has 0 unspecified atom stereocenters. The zero-order valence-corrected chi connectivity index (χ0v) is 21.1. The van der Waals surface area contributed by atoms with Crippen LogP contribution in [0.4, 0.5) is 0 Å². The molecule has 4 heterocycles. The number of aryl methyl sites for hydroxylation is 1. The average molecular weight is 493 g/mol. The van der Waals surface area contributed by atoms with Crippen LogP contribution in [0.15, 0.2) is 35.1 Å². The van der Waals surface area contributed by atoms with Crippen molar-refractivity contribution in [2.45, 2.75) is 61.0 Å². The van der Waals surface area contributed by atoms with Crippen molar-refractivity contribution in [3.63, 3.8) is 0 Å². The minimum absolute atomic E-state index is 0.105.